The van der Waals surface area contributed by atoms with E-state index in [0.717, 1.165) is 5.56 Å². The average molecular weight is 349 g/mol. The highest BCUT2D eigenvalue weighted by atomic mass is 16.6. The number of piperidine rings is 1. The zero-order chi connectivity index (χ0) is 18.2. The van der Waals surface area contributed by atoms with E-state index in [0.29, 0.717) is 31.8 Å². The minimum absolute atomic E-state index is 0.225. The van der Waals surface area contributed by atoms with E-state index >= 15 is 0 Å². The van der Waals surface area contributed by atoms with Gasteiger partial charge in [0.05, 0.1) is 38.0 Å². The van der Waals surface area contributed by atoms with Gasteiger partial charge in [-0.05, 0) is 26.8 Å². The molecule has 0 radical (unpaired) electrons. The molecule has 0 saturated carbocycles. The highest BCUT2D eigenvalue weighted by molar-refractivity contribution is 5.69. The largest absolute Gasteiger partial charge is 0.496 e. The van der Waals surface area contributed by atoms with Gasteiger partial charge in [0.2, 0.25) is 0 Å². The van der Waals surface area contributed by atoms with Crippen molar-refractivity contribution in [1.82, 2.24) is 4.90 Å². The monoisotopic (exact) mass is 349 g/mol. The minimum Gasteiger partial charge on any atom is -0.496 e. The van der Waals surface area contributed by atoms with Crippen molar-refractivity contribution in [3.8, 4) is 5.75 Å². The van der Waals surface area contributed by atoms with Gasteiger partial charge in [0, 0.05) is 18.4 Å². The Kier molecular flexibility index (Phi) is 4.68. The maximum absolute atomic E-state index is 12.6. The molecule has 2 bridgehead atoms. The number of carbonyl (C=O) groups is 1. The molecular formula is C19H27NO5. The van der Waals surface area contributed by atoms with Crippen molar-refractivity contribution in [2.45, 2.75) is 56.9 Å². The van der Waals surface area contributed by atoms with Gasteiger partial charge in [-0.1, -0.05) is 18.2 Å². The molecule has 1 aromatic rings. The summed E-state index contributed by atoms with van der Waals surface area (Å²) in [4.78, 5) is 14.4. The van der Waals surface area contributed by atoms with Crippen LogP contribution in [0.1, 0.15) is 39.2 Å². The number of carbonyl (C=O) groups excluding carboxylic acids is 1. The van der Waals surface area contributed by atoms with Crippen LogP contribution in [0.5, 0.6) is 5.75 Å². The number of hydrogen-bond donors (Lipinski definition) is 1. The van der Waals surface area contributed by atoms with Gasteiger partial charge in [0.15, 0.2) is 0 Å². The molecule has 0 aliphatic carbocycles. The quantitative estimate of drug-likeness (QED) is 0.889. The standard InChI is InChI=1S/C19H27NO5/c1-18(2,3)25-17(21)20-13-9-19(22,10-14(20)12-24-11-13)15-7-5-6-8-16(15)23-4/h5-8,13-14,22H,9-12H2,1-4H3. The van der Waals surface area contributed by atoms with Gasteiger partial charge in [-0.15, -0.1) is 0 Å². The summed E-state index contributed by atoms with van der Waals surface area (Å²) in [6.07, 6.45) is 0.444. The topological polar surface area (TPSA) is 68.2 Å². The summed E-state index contributed by atoms with van der Waals surface area (Å²) in [7, 11) is 1.60. The molecule has 1 aromatic carbocycles. The smallest absolute Gasteiger partial charge is 0.410 e. The molecule has 2 aliphatic rings. The number of morpholine rings is 1. The van der Waals surface area contributed by atoms with Crippen molar-refractivity contribution >= 4 is 6.09 Å². The number of amides is 1. The van der Waals surface area contributed by atoms with E-state index in [1.165, 1.54) is 0 Å². The first-order valence-electron chi connectivity index (χ1n) is 8.68. The Morgan fingerprint density at radius 3 is 2.40 bits per heavy atom. The second-order valence-corrected chi connectivity index (χ2v) is 7.87. The van der Waals surface area contributed by atoms with Gasteiger partial charge in [-0.25, -0.2) is 4.79 Å². The highest BCUT2D eigenvalue weighted by Gasteiger charge is 2.50. The number of rotatable bonds is 2. The summed E-state index contributed by atoms with van der Waals surface area (Å²) in [6.45, 7) is 6.35. The molecule has 1 N–H and O–H groups in total. The second-order valence-electron chi connectivity index (χ2n) is 7.87. The summed E-state index contributed by atoms with van der Waals surface area (Å²) in [5.74, 6) is 0.662. The molecule has 138 valence electrons. The minimum atomic E-state index is -1.05. The Labute approximate surface area is 148 Å². The summed E-state index contributed by atoms with van der Waals surface area (Å²) >= 11 is 0. The highest BCUT2D eigenvalue weighted by Crippen LogP contribution is 2.44. The maximum Gasteiger partial charge on any atom is 0.410 e. The number of aliphatic hydroxyl groups is 1. The fourth-order valence-corrected chi connectivity index (χ4v) is 3.84. The summed E-state index contributed by atoms with van der Waals surface area (Å²) < 4.78 is 16.6. The average Bonchev–Trinajstić information content (AvgIpc) is 2.52. The van der Waals surface area contributed by atoms with Crippen LogP contribution in [-0.2, 0) is 15.1 Å². The van der Waals surface area contributed by atoms with Crippen LogP contribution in [0.4, 0.5) is 4.79 Å². The van der Waals surface area contributed by atoms with Crippen LogP contribution in [0.3, 0.4) is 0 Å². The third-order valence-corrected chi connectivity index (χ3v) is 4.77. The maximum atomic E-state index is 12.6. The van der Waals surface area contributed by atoms with E-state index < -0.39 is 11.2 Å². The van der Waals surface area contributed by atoms with Crippen LogP contribution >= 0.6 is 0 Å². The predicted octanol–water partition coefficient (Wildman–Crippen LogP) is 2.68. The normalized spacial score (nSPS) is 29.2. The Balaban J connectivity index is 1.87. The van der Waals surface area contributed by atoms with Crippen molar-refractivity contribution in [2.24, 2.45) is 0 Å². The predicted molar refractivity (Wildman–Crippen MR) is 92.6 cm³/mol. The molecule has 2 fully saturated rings. The van der Waals surface area contributed by atoms with Gasteiger partial charge in [-0.2, -0.15) is 0 Å². The van der Waals surface area contributed by atoms with Gasteiger partial charge < -0.3 is 19.3 Å². The third-order valence-electron chi connectivity index (χ3n) is 4.77. The number of ether oxygens (including phenoxy) is 3. The molecule has 3 rings (SSSR count). The van der Waals surface area contributed by atoms with Crippen molar-refractivity contribution in [1.29, 1.82) is 0 Å². The lowest BCUT2D eigenvalue weighted by atomic mass is 9.76. The van der Waals surface area contributed by atoms with Gasteiger partial charge >= 0.3 is 6.09 Å². The second kappa shape index (κ2) is 6.50. The lowest BCUT2D eigenvalue weighted by Gasteiger charge is -2.51. The van der Waals surface area contributed by atoms with Crippen LogP contribution in [0.2, 0.25) is 0 Å². The summed E-state index contributed by atoms with van der Waals surface area (Å²) in [5, 5.41) is 11.4. The molecule has 0 spiro atoms. The van der Waals surface area contributed by atoms with E-state index in [1.807, 2.05) is 45.0 Å². The molecule has 2 aliphatic heterocycles. The van der Waals surface area contributed by atoms with Gasteiger partial charge in [0.25, 0.3) is 0 Å². The van der Waals surface area contributed by atoms with E-state index in [4.69, 9.17) is 14.2 Å². The van der Waals surface area contributed by atoms with E-state index in [2.05, 4.69) is 0 Å². The number of hydrogen-bond acceptors (Lipinski definition) is 5. The van der Waals surface area contributed by atoms with E-state index in [-0.39, 0.29) is 18.2 Å². The first-order valence-corrected chi connectivity index (χ1v) is 8.68. The molecule has 1 amide bonds. The number of fused-ring (bicyclic) bond motifs is 2. The van der Waals surface area contributed by atoms with Gasteiger partial charge in [0.1, 0.15) is 11.4 Å². The lowest BCUT2D eigenvalue weighted by molar-refractivity contribution is -0.141. The Hall–Kier alpha value is -1.79. The molecule has 2 atom stereocenters. The van der Waals surface area contributed by atoms with E-state index in [9.17, 15) is 9.90 Å². The van der Waals surface area contributed by atoms with Crippen molar-refractivity contribution in [2.75, 3.05) is 20.3 Å². The van der Waals surface area contributed by atoms with Crippen molar-refractivity contribution < 1.29 is 24.1 Å². The molecule has 0 aromatic heterocycles. The lowest BCUT2D eigenvalue weighted by Crippen LogP contribution is -2.63. The number of benzene rings is 1. The number of methoxy groups -OCH3 is 1. The fraction of sp³-hybridized carbons (Fsp3) is 0.632. The molecular weight excluding hydrogens is 322 g/mol. The molecule has 25 heavy (non-hydrogen) atoms. The molecule has 6 heteroatoms. The molecule has 2 unspecified atom stereocenters. The van der Waals surface area contributed by atoms with Crippen molar-refractivity contribution in [3.05, 3.63) is 29.8 Å². The Bertz CT molecular complexity index is 625. The van der Waals surface area contributed by atoms with Crippen LogP contribution in [0, 0.1) is 0 Å². The number of para-hydroxylation sites is 1. The Morgan fingerprint density at radius 1 is 1.24 bits per heavy atom. The first kappa shape index (κ1) is 18.0. The fourth-order valence-electron chi connectivity index (χ4n) is 3.84. The Morgan fingerprint density at radius 2 is 1.84 bits per heavy atom. The van der Waals surface area contributed by atoms with Crippen LogP contribution in [-0.4, -0.2) is 54.1 Å². The summed E-state index contributed by atoms with van der Waals surface area (Å²) in [6, 6.07) is 7.06. The first-order chi connectivity index (χ1) is 11.7. The molecule has 2 saturated heterocycles. The van der Waals surface area contributed by atoms with Crippen molar-refractivity contribution in [3.63, 3.8) is 0 Å². The zero-order valence-electron chi connectivity index (χ0n) is 15.3. The van der Waals surface area contributed by atoms with Crippen LogP contribution in [0.15, 0.2) is 24.3 Å². The zero-order valence-corrected chi connectivity index (χ0v) is 15.3. The SMILES string of the molecule is COc1ccccc1C1(O)CC2COCC(C1)N2C(=O)OC(C)(C)C. The van der Waals surface area contributed by atoms with Crippen LogP contribution in [0.25, 0.3) is 0 Å². The third kappa shape index (κ3) is 3.60. The van der Waals surface area contributed by atoms with Gasteiger partial charge in [-0.3, -0.25) is 4.90 Å². The van der Waals surface area contributed by atoms with Crippen LogP contribution < -0.4 is 4.74 Å². The molecule has 6 nitrogen and oxygen atoms in total. The summed E-state index contributed by atoms with van der Waals surface area (Å²) in [5.41, 5.74) is -0.842. The molecule has 2 heterocycles. The van der Waals surface area contributed by atoms with E-state index in [1.54, 1.807) is 12.0 Å². The number of nitrogens with zero attached hydrogens (tertiary/aromatic N) is 1.